The normalized spacial score (nSPS) is 9.83. The Labute approximate surface area is 105 Å². The second kappa shape index (κ2) is 5.30. The zero-order chi connectivity index (χ0) is 13.0. The van der Waals surface area contributed by atoms with Crippen LogP contribution in [-0.2, 0) is 6.54 Å². The van der Waals surface area contributed by atoms with E-state index in [0.29, 0.717) is 23.5 Å². The van der Waals surface area contributed by atoms with E-state index in [-0.39, 0.29) is 5.82 Å². The lowest BCUT2D eigenvalue weighted by Gasteiger charge is -2.08. The average Bonchev–Trinajstić information content (AvgIpc) is 2.41. The SMILES string of the molecule is N#Cc1cccc(Nc2ccc(CN)cc2F)c1. The Morgan fingerprint density at radius 3 is 2.72 bits per heavy atom. The Hall–Kier alpha value is -2.38. The van der Waals surface area contributed by atoms with E-state index < -0.39 is 0 Å². The molecular formula is C14H12FN3. The highest BCUT2D eigenvalue weighted by molar-refractivity contribution is 5.62. The second-order valence-electron chi connectivity index (χ2n) is 3.84. The quantitative estimate of drug-likeness (QED) is 0.868. The van der Waals surface area contributed by atoms with Gasteiger partial charge in [0.2, 0.25) is 0 Å². The molecule has 2 aromatic rings. The zero-order valence-electron chi connectivity index (χ0n) is 9.65. The largest absolute Gasteiger partial charge is 0.353 e. The van der Waals surface area contributed by atoms with Gasteiger partial charge in [0.25, 0.3) is 0 Å². The van der Waals surface area contributed by atoms with Crippen molar-refractivity contribution in [3.63, 3.8) is 0 Å². The molecule has 4 heteroatoms. The van der Waals surface area contributed by atoms with Crippen molar-refractivity contribution >= 4 is 11.4 Å². The van der Waals surface area contributed by atoms with Gasteiger partial charge < -0.3 is 11.1 Å². The number of nitrogens with one attached hydrogen (secondary N) is 1. The summed E-state index contributed by atoms with van der Waals surface area (Å²) in [6.45, 7) is 0.307. The molecule has 0 heterocycles. The van der Waals surface area contributed by atoms with Crippen molar-refractivity contribution < 1.29 is 4.39 Å². The minimum absolute atomic E-state index is 0.307. The average molecular weight is 241 g/mol. The number of halogens is 1. The van der Waals surface area contributed by atoms with E-state index in [2.05, 4.69) is 5.32 Å². The third kappa shape index (κ3) is 2.65. The van der Waals surface area contributed by atoms with E-state index in [1.54, 1.807) is 36.4 Å². The van der Waals surface area contributed by atoms with E-state index in [4.69, 9.17) is 11.0 Å². The number of nitrogens with zero attached hydrogens (tertiary/aromatic N) is 1. The fourth-order valence-corrected chi connectivity index (χ4v) is 1.61. The Balaban J connectivity index is 2.26. The minimum Gasteiger partial charge on any atom is -0.353 e. The van der Waals surface area contributed by atoms with Crippen LogP contribution in [0, 0.1) is 17.1 Å². The first-order valence-corrected chi connectivity index (χ1v) is 5.48. The van der Waals surface area contributed by atoms with Crippen LogP contribution in [0.1, 0.15) is 11.1 Å². The fraction of sp³-hybridized carbons (Fsp3) is 0.0714. The third-order valence-electron chi connectivity index (χ3n) is 2.54. The lowest BCUT2D eigenvalue weighted by Crippen LogP contribution is -1.99. The highest BCUT2D eigenvalue weighted by Gasteiger charge is 2.03. The Bertz CT molecular complexity index is 602. The van der Waals surface area contributed by atoms with Gasteiger partial charge in [-0.05, 0) is 35.9 Å². The molecule has 0 atom stereocenters. The van der Waals surface area contributed by atoms with Crippen molar-refractivity contribution in [2.24, 2.45) is 5.73 Å². The molecule has 2 rings (SSSR count). The molecule has 0 bridgehead atoms. The van der Waals surface area contributed by atoms with Crippen LogP contribution >= 0.6 is 0 Å². The molecule has 0 aromatic heterocycles. The maximum absolute atomic E-state index is 13.7. The highest BCUT2D eigenvalue weighted by atomic mass is 19.1. The van der Waals surface area contributed by atoms with Crippen molar-refractivity contribution in [3.8, 4) is 6.07 Å². The third-order valence-corrected chi connectivity index (χ3v) is 2.54. The number of rotatable bonds is 3. The van der Waals surface area contributed by atoms with Crippen molar-refractivity contribution in [1.29, 1.82) is 5.26 Å². The molecule has 0 amide bonds. The summed E-state index contributed by atoms with van der Waals surface area (Å²) in [4.78, 5) is 0. The van der Waals surface area contributed by atoms with Crippen molar-refractivity contribution in [2.75, 3.05) is 5.32 Å². The standard InChI is InChI=1S/C14H12FN3/c15-13-7-11(9-17)4-5-14(13)18-12-3-1-2-10(6-12)8-16/h1-7,18H,9,17H2. The topological polar surface area (TPSA) is 61.8 Å². The Morgan fingerprint density at radius 1 is 1.22 bits per heavy atom. The van der Waals surface area contributed by atoms with Gasteiger partial charge in [-0.1, -0.05) is 12.1 Å². The van der Waals surface area contributed by atoms with Crippen LogP contribution in [0.5, 0.6) is 0 Å². The number of benzene rings is 2. The van der Waals surface area contributed by atoms with Gasteiger partial charge in [-0.25, -0.2) is 4.39 Å². The molecule has 2 aromatic carbocycles. The molecule has 90 valence electrons. The van der Waals surface area contributed by atoms with Gasteiger partial charge in [0, 0.05) is 12.2 Å². The van der Waals surface area contributed by atoms with Gasteiger partial charge >= 0.3 is 0 Å². The molecule has 18 heavy (non-hydrogen) atoms. The first-order chi connectivity index (χ1) is 8.72. The molecule has 0 saturated heterocycles. The van der Waals surface area contributed by atoms with Gasteiger partial charge in [-0.2, -0.15) is 5.26 Å². The molecule has 0 spiro atoms. The van der Waals surface area contributed by atoms with Crippen LogP contribution in [0.25, 0.3) is 0 Å². The van der Waals surface area contributed by atoms with E-state index in [9.17, 15) is 4.39 Å². The fourth-order valence-electron chi connectivity index (χ4n) is 1.61. The molecule has 0 saturated carbocycles. The smallest absolute Gasteiger partial charge is 0.146 e. The number of nitrogens with two attached hydrogens (primary N) is 1. The predicted molar refractivity (Wildman–Crippen MR) is 68.7 cm³/mol. The van der Waals surface area contributed by atoms with Crippen LogP contribution in [0.15, 0.2) is 42.5 Å². The first kappa shape index (κ1) is 12.1. The van der Waals surface area contributed by atoms with Crippen LogP contribution < -0.4 is 11.1 Å². The van der Waals surface area contributed by atoms with Crippen LogP contribution in [0.2, 0.25) is 0 Å². The van der Waals surface area contributed by atoms with Crippen molar-refractivity contribution in [1.82, 2.24) is 0 Å². The zero-order valence-corrected chi connectivity index (χ0v) is 9.65. The maximum atomic E-state index is 13.7. The van der Waals surface area contributed by atoms with Gasteiger partial charge in [-0.15, -0.1) is 0 Å². The molecule has 0 aliphatic rings. The molecule has 0 aliphatic carbocycles. The molecule has 3 N–H and O–H groups in total. The Kier molecular flexibility index (Phi) is 3.56. The number of hydrogen-bond donors (Lipinski definition) is 2. The van der Waals surface area contributed by atoms with Crippen LogP contribution in [0.4, 0.5) is 15.8 Å². The van der Waals surface area contributed by atoms with Crippen molar-refractivity contribution in [2.45, 2.75) is 6.54 Å². The van der Waals surface area contributed by atoms with Gasteiger partial charge in [0.15, 0.2) is 0 Å². The summed E-state index contributed by atoms with van der Waals surface area (Å²) in [5.74, 6) is -0.361. The highest BCUT2D eigenvalue weighted by Crippen LogP contribution is 2.21. The summed E-state index contributed by atoms with van der Waals surface area (Å²) in [5, 5.41) is 11.7. The van der Waals surface area contributed by atoms with Gasteiger partial charge in [0.1, 0.15) is 5.82 Å². The number of anilines is 2. The molecule has 0 aliphatic heterocycles. The van der Waals surface area contributed by atoms with Crippen LogP contribution in [0.3, 0.4) is 0 Å². The summed E-state index contributed by atoms with van der Waals surface area (Å²) in [7, 11) is 0. The van der Waals surface area contributed by atoms with E-state index in [1.165, 1.54) is 6.07 Å². The number of nitriles is 1. The maximum Gasteiger partial charge on any atom is 0.146 e. The van der Waals surface area contributed by atoms with E-state index in [0.717, 1.165) is 5.56 Å². The molecule has 0 fully saturated rings. The van der Waals surface area contributed by atoms with Crippen molar-refractivity contribution in [3.05, 3.63) is 59.4 Å². The summed E-state index contributed by atoms with van der Waals surface area (Å²) in [6, 6.07) is 13.7. The lowest BCUT2D eigenvalue weighted by molar-refractivity contribution is 0.629. The molecule has 0 unspecified atom stereocenters. The minimum atomic E-state index is -0.361. The summed E-state index contributed by atoms with van der Waals surface area (Å²) in [6.07, 6.45) is 0. The number of hydrogen-bond acceptors (Lipinski definition) is 3. The first-order valence-electron chi connectivity index (χ1n) is 5.48. The van der Waals surface area contributed by atoms with Crippen LogP contribution in [-0.4, -0.2) is 0 Å². The predicted octanol–water partition coefficient (Wildman–Crippen LogP) is 2.90. The molecule has 0 radical (unpaired) electrons. The monoisotopic (exact) mass is 241 g/mol. The second-order valence-corrected chi connectivity index (χ2v) is 3.84. The molecule has 3 nitrogen and oxygen atoms in total. The Morgan fingerprint density at radius 2 is 2.06 bits per heavy atom. The summed E-state index contributed by atoms with van der Waals surface area (Å²) < 4.78 is 13.7. The lowest BCUT2D eigenvalue weighted by atomic mass is 10.1. The van der Waals surface area contributed by atoms with E-state index in [1.807, 2.05) is 6.07 Å². The van der Waals surface area contributed by atoms with Gasteiger partial charge in [-0.3, -0.25) is 0 Å². The molecular weight excluding hydrogens is 229 g/mol. The summed E-state index contributed by atoms with van der Waals surface area (Å²) >= 11 is 0. The van der Waals surface area contributed by atoms with E-state index >= 15 is 0 Å². The van der Waals surface area contributed by atoms with Gasteiger partial charge in [0.05, 0.1) is 17.3 Å². The summed E-state index contributed by atoms with van der Waals surface area (Å²) in [5.41, 5.74) is 7.74.